The number of nitrogens with zero attached hydrogens (tertiary/aromatic N) is 2. The van der Waals surface area contributed by atoms with Gasteiger partial charge in [-0.15, -0.1) is 6.58 Å². The number of benzene rings is 1. The van der Waals surface area contributed by atoms with Gasteiger partial charge in [-0.05, 0) is 18.2 Å². The molecule has 0 radical (unpaired) electrons. The van der Waals surface area contributed by atoms with E-state index < -0.39 is 11.6 Å². The van der Waals surface area contributed by atoms with Crippen LogP contribution < -0.4 is 0 Å². The predicted molar refractivity (Wildman–Crippen MR) is 68.9 cm³/mol. The first-order valence-corrected chi connectivity index (χ1v) is 6.19. The summed E-state index contributed by atoms with van der Waals surface area (Å²) in [4.78, 5) is 16.0. The monoisotopic (exact) mass is 266 g/mol. The van der Waals surface area contributed by atoms with Gasteiger partial charge in [0.25, 0.3) is 5.91 Å². The highest BCUT2D eigenvalue weighted by Gasteiger charge is 2.22. The van der Waals surface area contributed by atoms with E-state index in [-0.39, 0.29) is 11.5 Å². The molecule has 3 nitrogen and oxygen atoms in total. The first-order chi connectivity index (χ1) is 9.11. The summed E-state index contributed by atoms with van der Waals surface area (Å²) < 4.78 is 25.9. The van der Waals surface area contributed by atoms with Crippen LogP contribution in [0.3, 0.4) is 0 Å². The molecule has 102 valence electrons. The molecule has 0 aromatic heterocycles. The first kappa shape index (κ1) is 13.7. The van der Waals surface area contributed by atoms with Gasteiger partial charge in [0.15, 0.2) is 11.6 Å². The van der Waals surface area contributed by atoms with Gasteiger partial charge in [-0.25, -0.2) is 8.78 Å². The molecule has 1 saturated heterocycles. The lowest BCUT2D eigenvalue weighted by molar-refractivity contribution is 0.0649. The lowest BCUT2D eigenvalue weighted by Gasteiger charge is -2.34. The van der Waals surface area contributed by atoms with E-state index in [9.17, 15) is 13.6 Å². The third kappa shape index (κ3) is 3.17. The molecule has 1 aromatic carbocycles. The molecule has 1 aromatic rings. The Morgan fingerprint density at radius 3 is 2.47 bits per heavy atom. The molecule has 0 aliphatic carbocycles. The van der Waals surface area contributed by atoms with E-state index in [0.717, 1.165) is 31.8 Å². The van der Waals surface area contributed by atoms with Gasteiger partial charge in [-0.1, -0.05) is 6.08 Å². The zero-order valence-electron chi connectivity index (χ0n) is 10.6. The highest BCUT2D eigenvalue weighted by atomic mass is 19.2. The van der Waals surface area contributed by atoms with Crippen molar-refractivity contribution in [1.29, 1.82) is 0 Å². The Hall–Kier alpha value is -1.75. The standard InChI is InChI=1S/C14H16F2N2O/c1-2-5-17-6-8-18(9-7-17)14(19)11-3-4-12(15)13(16)10-11/h2-4,10H,1,5-9H2. The normalized spacial score (nSPS) is 16.4. The van der Waals surface area contributed by atoms with Gasteiger partial charge in [0.1, 0.15) is 0 Å². The molecule has 19 heavy (non-hydrogen) atoms. The summed E-state index contributed by atoms with van der Waals surface area (Å²) in [5, 5.41) is 0. The summed E-state index contributed by atoms with van der Waals surface area (Å²) in [6.45, 7) is 7.18. The van der Waals surface area contributed by atoms with Crippen LogP contribution in [-0.2, 0) is 0 Å². The Labute approximate surface area is 111 Å². The summed E-state index contributed by atoms with van der Waals surface area (Å²) in [6.07, 6.45) is 1.83. The van der Waals surface area contributed by atoms with Crippen molar-refractivity contribution in [2.24, 2.45) is 0 Å². The molecule has 0 spiro atoms. The number of piperazine rings is 1. The molecule has 1 amide bonds. The fourth-order valence-corrected chi connectivity index (χ4v) is 2.13. The minimum atomic E-state index is -0.990. The number of amides is 1. The van der Waals surface area contributed by atoms with E-state index in [1.165, 1.54) is 6.07 Å². The maximum Gasteiger partial charge on any atom is 0.254 e. The van der Waals surface area contributed by atoms with Crippen molar-refractivity contribution in [3.63, 3.8) is 0 Å². The van der Waals surface area contributed by atoms with E-state index in [2.05, 4.69) is 11.5 Å². The number of carbonyl (C=O) groups excluding carboxylic acids is 1. The molecule has 0 N–H and O–H groups in total. The number of carbonyl (C=O) groups is 1. The van der Waals surface area contributed by atoms with Crippen LogP contribution in [-0.4, -0.2) is 48.4 Å². The molecule has 1 aliphatic rings. The molecular formula is C14H16F2N2O. The summed E-state index contributed by atoms with van der Waals surface area (Å²) in [6, 6.07) is 3.25. The Morgan fingerprint density at radius 2 is 1.89 bits per heavy atom. The molecule has 0 unspecified atom stereocenters. The second-order valence-electron chi connectivity index (χ2n) is 4.51. The summed E-state index contributed by atoms with van der Waals surface area (Å²) in [7, 11) is 0. The van der Waals surface area contributed by atoms with Crippen molar-refractivity contribution in [2.45, 2.75) is 0 Å². The third-order valence-electron chi connectivity index (χ3n) is 3.21. The van der Waals surface area contributed by atoms with Crippen LogP contribution in [0.1, 0.15) is 10.4 Å². The fraction of sp³-hybridized carbons (Fsp3) is 0.357. The van der Waals surface area contributed by atoms with Gasteiger partial charge in [0, 0.05) is 38.3 Å². The fourth-order valence-electron chi connectivity index (χ4n) is 2.13. The molecule has 1 heterocycles. The van der Waals surface area contributed by atoms with Crippen LogP contribution >= 0.6 is 0 Å². The van der Waals surface area contributed by atoms with Crippen molar-refractivity contribution in [3.8, 4) is 0 Å². The largest absolute Gasteiger partial charge is 0.336 e. The Morgan fingerprint density at radius 1 is 1.21 bits per heavy atom. The summed E-state index contributed by atoms with van der Waals surface area (Å²) in [5.41, 5.74) is 0.191. The summed E-state index contributed by atoms with van der Waals surface area (Å²) >= 11 is 0. The van der Waals surface area contributed by atoms with Gasteiger partial charge in [0.05, 0.1) is 0 Å². The third-order valence-corrected chi connectivity index (χ3v) is 3.21. The van der Waals surface area contributed by atoms with Crippen molar-refractivity contribution in [1.82, 2.24) is 9.80 Å². The molecule has 2 rings (SSSR count). The van der Waals surface area contributed by atoms with Gasteiger partial charge < -0.3 is 4.90 Å². The smallest absolute Gasteiger partial charge is 0.254 e. The zero-order chi connectivity index (χ0) is 13.8. The highest BCUT2D eigenvalue weighted by molar-refractivity contribution is 5.94. The van der Waals surface area contributed by atoms with Crippen LogP contribution in [0.4, 0.5) is 8.78 Å². The van der Waals surface area contributed by atoms with Crippen molar-refractivity contribution < 1.29 is 13.6 Å². The van der Waals surface area contributed by atoms with Crippen LogP contribution in [0.25, 0.3) is 0 Å². The van der Waals surface area contributed by atoms with Crippen molar-refractivity contribution in [3.05, 3.63) is 48.1 Å². The van der Waals surface area contributed by atoms with E-state index in [0.29, 0.717) is 13.1 Å². The number of rotatable bonds is 3. The van der Waals surface area contributed by atoms with E-state index >= 15 is 0 Å². The Balaban J connectivity index is 2.01. The zero-order valence-corrected chi connectivity index (χ0v) is 10.6. The van der Waals surface area contributed by atoms with Gasteiger partial charge in [-0.3, -0.25) is 9.69 Å². The number of halogens is 2. The molecule has 0 atom stereocenters. The Kier molecular flexibility index (Phi) is 4.27. The van der Waals surface area contributed by atoms with Crippen LogP contribution in [0, 0.1) is 11.6 Å². The molecule has 1 aliphatic heterocycles. The first-order valence-electron chi connectivity index (χ1n) is 6.19. The molecule has 1 fully saturated rings. The van der Waals surface area contributed by atoms with Crippen LogP contribution in [0.5, 0.6) is 0 Å². The average molecular weight is 266 g/mol. The van der Waals surface area contributed by atoms with Crippen molar-refractivity contribution >= 4 is 5.91 Å². The van der Waals surface area contributed by atoms with E-state index in [1.54, 1.807) is 4.90 Å². The lowest BCUT2D eigenvalue weighted by Crippen LogP contribution is -2.48. The van der Waals surface area contributed by atoms with Gasteiger partial charge >= 0.3 is 0 Å². The minimum absolute atomic E-state index is 0.191. The second-order valence-corrected chi connectivity index (χ2v) is 4.51. The molecule has 0 bridgehead atoms. The molecular weight excluding hydrogens is 250 g/mol. The van der Waals surface area contributed by atoms with Gasteiger partial charge in [0.2, 0.25) is 0 Å². The Bertz CT molecular complexity index is 482. The van der Waals surface area contributed by atoms with Crippen LogP contribution in [0.2, 0.25) is 0 Å². The SMILES string of the molecule is C=CCN1CCN(C(=O)c2ccc(F)c(F)c2)CC1. The maximum atomic E-state index is 13.1. The minimum Gasteiger partial charge on any atom is -0.336 e. The van der Waals surface area contributed by atoms with Crippen LogP contribution in [0.15, 0.2) is 30.9 Å². The highest BCUT2D eigenvalue weighted by Crippen LogP contribution is 2.12. The van der Waals surface area contributed by atoms with E-state index in [4.69, 9.17) is 0 Å². The lowest BCUT2D eigenvalue weighted by atomic mass is 10.1. The topological polar surface area (TPSA) is 23.6 Å². The average Bonchev–Trinajstić information content (AvgIpc) is 2.42. The van der Waals surface area contributed by atoms with Gasteiger partial charge in [-0.2, -0.15) is 0 Å². The molecule has 0 saturated carbocycles. The van der Waals surface area contributed by atoms with E-state index in [1.807, 2.05) is 6.08 Å². The summed E-state index contributed by atoms with van der Waals surface area (Å²) in [5.74, 6) is -2.18. The van der Waals surface area contributed by atoms with Crippen molar-refractivity contribution in [2.75, 3.05) is 32.7 Å². The second kappa shape index (κ2) is 5.93. The quantitative estimate of drug-likeness (QED) is 0.780. The number of hydrogen-bond donors (Lipinski definition) is 0. The predicted octanol–water partition coefficient (Wildman–Crippen LogP) is 1.91. The maximum absolute atomic E-state index is 13.1. The number of hydrogen-bond acceptors (Lipinski definition) is 2. The molecule has 5 heteroatoms.